The molecule has 0 saturated carbocycles. The van der Waals surface area contributed by atoms with Crippen molar-refractivity contribution in [3.8, 4) is 0 Å². The molecule has 0 bridgehead atoms. The highest BCUT2D eigenvalue weighted by atomic mass is 16.6. The summed E-state index contributed by atoms with van der Waals surface area (Å²) in [6.45, 7) is 15.1. The van der Waals surface area contributed by atoms with E-state index in [0.717, 1.165) is 37.3 Å². The van der Waals surface area contributed by atoms with Gasteiger partial charge in [0.2, 0.25) is 0 Å². The van der Waals surface area contributed by atoms with E-state index in [1.54, 1.807) is 4.90 Å². The standard InChI is InChI=1S/C33H47N5O4/c1-32(2,3)41-30(39)37-18-16-36(17-19-37)28-13-9-11-24-22-38(31(40)42-33(4,5)6)25(20-26(24)28)21-34-29-15-14-23-10-7-8-12-27(23)35-29/h9,11,13-15,25H,7-8,10,12,16-22H2,1-6H3,(H,34,35). The SMILES string of the molecule is CC(C)(C)OC(=O)N1CCN(c2cccc3c2CC(CNc2ccc4c(n2)CCCC4)N(C(=O)OC(C)(C)C)C3)CC1. The molecular weight excluding hydrogens is 530 g/mol. The van der Waals surface area contributed by atoms with Gasteiger partial charge in [-0.25, -0.2) is 14.6 Å². The molecule has 3 heterocycles. The molecule has 0 spiro atoms. The average Bonchev–Trinajstić information content (AvgIpc) is 2.93. The van der Waals surface area contributed by atoms with Crippen molar-refractivity contribution in [1.29, 1.82) is 0 Å². The van der Waals surface area contributed by atoms with Crippen molar-refractivity contribution < 1.29 is 19.1 Å². The van der Waals surface area contributed by atoms with Crippen molar-refractivity contribution in [2.24, 2.45) is 0 Å². The Bertz CT molecular complexity index is 1290. The van der Waals surface area contributed by atoms with Gasteiger partial charge in [-0.3, -0.25) is 4.90 Å². The number of amides is 2. The molecule has 1 aromatic heterocycles. The van der Waals surface area contributed by atoms with Crippen LogP contribution in [-0.4, -0.2) is 76.9 Å². The van der Waals surface area contributed by atoms with Crippen molar-refractivity contribution >= 4 is 23.7 Å². The third kappa shape index (κ3) is 7.28. The number of aryl methyl sites for hydroxylation is 2. The molecule has 2 aliphatic heterocycles. The molecule has 1 saturated heterocycles. The van der Waals surface area contributed by atoms with E-state index in [1.807, 2.05) is 46.4 Å². The van der Waals surface area contributed by atoms with E-state index < -0.39 is 11.2 Å². The topological polar surface area (TPSA) is 87.2 Å². The summed E-state index contributed by atoms with van der Waals surface area (Å²) in [7, 11) is 0. The molecule has 1 aliphatic carbocycles. The Labute approximate surface area is 250 Å². The number of piperazine rings is 1. The summed E-state index contributed by atoms with van der Waals surface area (Å²) in [5.41, 5.74) is 5.03. The zero-order chi connectivity index (χ0) is 30.1. The van der Waals surface area contributed by atoms with Gasteiger partial charge in [-0.2, -0.15) is 0 Å². The first kappa shape index (κ1) is 30.0. The Morgan fingerprint density at radius 1 is 0.881 bits per heavy atom. The van der Waals surface area contributed by atoms with Gasteiger partial charge in [0, 0.05) is 50.6 Å². The largest absolute Gasteiger partial charge is 0.444 e. The summed E-state index contributed by atoms with van der Waals surface area (Å²) in [6, 6.07) is 10.5. The van der Waals surface area contributed by atoms with E-state index in [-0.39, 0.29) is 18.2 Å². The van der Waals surface area contributed by atoms with Crippen LogP contribution in [0.3, 0.4) is 0 Å². The number of rotatable bonds is 4. The number of carbonyl (C=O) groups excluding carboxylic acids is 2. The van der Waals surface area contributed by atoms with Crippen molar-refractivity contribution in [3.63, 3.8) is 0 Å². The van der Waals surface area contributed by atoms with E-state index >= 15 is 0 Å². The van der Waals surface area contributed by atoms with E-state index in [4.69, 9.17) is 14.5 Å². The Morgan fingerprint density at radius 2 is 1.57 bits per heavy atom. The maximum Gasteiger partial charge on any atom is 0.410 e. The molecule has 1 unspecified atom stereocenters. The van der Waals surface area contributed by atoms with Gasteiger partial charge in [0.1, 0.15) is 17.0 Å². The normalized spacial score (nSPS) is 19.1. The number of benzene rings is 1. The lowest BCUT2D eigenvalue weighted by atomic mass is 9.91. The van der Waals surface area contributed by atoms with Crippen LogP contribution in [-0.2, 0) is 35.3 Å². The second-order valence-electron chi connectivity index (χ2n) is 13.7. The minimum Gasteiger partial charge on any atom is -0.444 e. The highest BCUT2D eigenvalue weighted by Crippen LogP contribution is 2.33. The summed E-state index contributed by atoms with van der Waals surface area (Å²) in [4.78, 5) is 37.0. The third-order valence-corrected chi connectivity index (χ3v) is 8.07. The lowest BCUT2D eigenvalue weighted by Crippen LogP contribution is -2.51. The Balaban J connectivity index is 1.33. The summed E-state index contributed by atoms with van der Waals surface area (Å²) >= 11 is 0. The summed E-state index contributed by atoms with van der Waals surface area (Å²) < 4.78 is 11.4. The molecule has 9 heteroatoms. The fourth-order valence-corrected chi connectivity index (χ4v) is 6.04. The van der Waals surface area contributed by atoms with E-state index in [1.165, 1.54) is 35.3 Å². The van der Waals surface area contributed by atoms with Crippen LogP contribution in [0.15, 0.2) is 30.3 Å². The van der Waals surface area contributed by atoms with Crippen LogP contribution in [0.4, 0.5) is 21.1 Å². The van der Waals surface area contributed by atoms with Crippen LogP contribution < -0.4 is 10.2 Å². The van der Waals surface area contributed by atoms with Crippen LogP contribution in [0.2, 0.25) is 0 Å². The number of nitrogens with one attached hydrogen (secondary N) is 1. The molecule has 1 N–H and O–H groups in total. The lowest BCUT2D eigenvalue weighted by Gasteiger charge is -2.41. The van der Waals surface area contributed by atoms with Gasteiger partial charge in [-0.1, -0.05) is 18.2 Å². The maximum absolute atomic E-state index is 13.4. The van der Waals surface area contributed by atoms with Gasteiger partial charge in [0.05, 0.1) is 6.04 Å². The monoisotopic (exact) mass is 577 g/mol. The van der Waals surface area contributed by atoms with Crippen LogP contribution in [0, 0.1) is 0 Å². The first-order valence-electron chi connectivity index (χ1n) is 15.4. The number of hydrogen-bond acceptors (Lipinski definition) is 7. The van der Waals surface area contributed by atoms with Crippen molar-refractivity contribution in [2.45, 2.75) is 97.4 Å². The Kier molecular flexibility index (Phi) is 8.58. The zero-order valence-electron chi connectivity index (χ0n) is 26.2. The Hall–Kier alpha value is -3.49. The number of hydrogen-bond donors (Lipinski definition) is 1. The molecule has 2 aromatic rings. The number of aromatic nitrogens is 1. The highest BCUT2D eigenvalue weighted by molar-refractivity contribution is 5.71. The zero-order valence-corrected chi connectivity index (χ0v) is 26.2. The number of pyridine rings is 1. The fraction of sp³-hybridized carbons (Fsp3) is 0.606. The quantitative estimate of drug-likeness (QED) is 0.492. The van der Waals surface area contributed by atoms with Gasteiger partial charge in [0.25, 0.3) is 0 Å². The second-order valence-corrected chi connectivity index (χ2v) is 13.7. The second kappa shape index (κ2) is 12.0. The van der Waals surface area contributed by atoms with Crippen LogP contribution >= 0.6 is 0 Å². The number of carbonyl (C=O) groups is 2. The third-order valence-electron chi connectivity index (χ3n) is 8.07. The Morgan fingerprint density at radius 3 is 2.29 bits per heavy atom. The number of anilines is 2. The molecule has 9 nitrogen and oxygen atoms in total. The summed E-state index contributed by atoms with van der Waals surface area (Å²) in [5.74, 6) is 0.858. The molecular formula is C33H47N5O4. The van der Waals surface area contributed by atoms with Crippen LogP contribution in [0.5, 0.6) is 0 Å². The van der Waals surface area contributed by atoms with Crippen LogP contribution in [0.1, 0.15) is 76.8 Å². The van der Waals surface area contributed by atoms with Gasteiger partial charge in [-0.05, 0) is 102 Å². The summed E-state index contributed by atoms with van der Waals surface area (Å²) in [5, 5.41) is 3.55. The lowest BCUT2D eigenvalue weighted by molar-refractivity contribution is 0.0132. The van der Waals surface area contributed by atoms with E-state index in [9.17, 15) is 9.59 Å². The van der Waals surface area contributed by atoms with Crippen molar-refractivity contribution in [2.75, 3.05) is 42.9 Å². The molecule has 2 amide bonds. The molecule has 228 valence electrons. The molecule has 1 aromatic carbocycles. The van der Waals surface area contributed by atoms with E-state index in [0.29, 0.717) is 32.6 Å². The number of ether oxygens (including phenoxy) is 2. The number of fused-ring (bicyclic) bond motifs is 2. The van der Waals surface area contributed by atoms with Crippen LogP contribution in [0.25, 0.3) is 0 Å². The van der Waals surface area contributed by atoms with Crippen molar-refractivity contribution in [3.05, 3.63) is 52.7 Å². The van der Waals surface area contributed by atoms with Gasteiger partial charge < -0.3 is 24.6 Å². The predicted molar refractivity (Wildman–Crippen MR) is 165 cm³/mol. The molecule has 0 radical (unpaired) electrons. The minimum absolute atomic E-state index is 0.102. The van der Waals surface area contributed by atoms with Gasteiger partial charge in [-0.15, -0.1) is 0 Å². The van der Waals surface area contributed by atoms with Crippen molar-refractivity contribution in [1.82, 2.24) is 14.8 Å². The molecule has 3 aliphatic rings. The fourth-order valence-electron chi connectivity index (χ4n) is 6.04. The molecule has 1 fully saturated rings. The molecule has 42 heavy (non-hydrogen) atoms. The number of nitrogens with zero attached hydrogens (tertiary/aromatic N) is 4. The average molecular weight is 578 g/mol. The first-order chi connectivity index (χ1) is 19.9. The summed E-state index contributed by atoms with van der Waals surface area (Å²) in [6.07, 6.45) is 4.69. The first-order valence-corrected chi connectivity index (χ1v) is 15.4. The van der Waals surface area contributed by atoms with E-state index in [2.05, 4.69) is 40.5 Å². The maximum atomic E-state index is 13.4. The van der Waals surface area contributed by atoms with Gasteiger partial charge >= 0.3 is 12.2 Å². The molecule has 1 atom stereocenters. The predicted octanol–water partition coefficient (Wildman–Crippen LogP) is 5.79. The minimum atomic E-state index is -0.578. The van der Waals surface area contributed by atoms with Gasteiger partial charge in [0.15, 0.2) is 0 Å². The smallest absolute Gasteiger partial charge is 0.410 e. The molecule has 5 rings (SSSR count). The highest BCUT2D eigenvalue weighted by Gasteiger charge is 2.35.